The van der Waals surface area contributed by atoms with E-state index in [1.807, 2.05) is 0 Å². The second-order valence-electron chi connectivity index (χ2n) is 11.4. The molecule has 2 nitrogen and oxygen atoms in total. The fraction of sp³-hybridized carbons (Fsp3) is 0.406. The molecule has 2 aromatic rings. The first kappa shape index (κ1) is 24.1. The van der Waals surface area contributed by atoms with Gasteiger partial charge in [0.25, 0.3) is 0 Å². The minimum absolute atomic E-state index is 0.0129. The molecule has 0 N–H and O–H groups in total. The molecule has 3 aliphatic rings. The molecule has 0 amide bonds. The zero-order valence-corrected chi connectivity index (χ0v) is 22.8. The molecule has 5 rings (SSSR count). The Hall–Kier alpha value is -2.58. The van der Waals surface area contributed by atoms with Crippen molar-refractivity contribution in [3.05, 3.63) is 94.2 Å². The first-order chi connectivity index (χ1) is 16.6. The maximum Gasteiger partial charge on any atom is 0.209 e. The van der Waals surface area contributed by atoms with Gasteiger partial charge < -0.3 is 4.90 Å². The minimum atomic E-state index is -0.0129. The number of likely N-dealkylation sites (N-methyl/N-ethyl adjacent to an activating group) is 1. The molecule has 2 aromatic carbocycles. The Balaban J connectivity index is 1.39. The average molecular weight is 486 g/mol. The second-order valence-corrected chi connectivity index (χ2v) is 11.8. The summed E-state index contributed by atoms with van der Waals surface area (Å²) in [6.07, 6.45) is 11.4. The van der Waals surface area contributed by atoms with Crippen LogP contribution in [0.25, 0.3) is 0 Å². The van der Waals surface area contributed by atoms with Gasteiger partial charge in [0.1, 0.15) is 7.05 Å². The highest BCUT2D eigenvalue weighted by Gasteiger charge is 2.42. The average Bonchev–Trinajstić information content (AvgIpc) is 3.16. The number of hydrogen-bond acceptors (Lipinski definition) is 1. The highest BCUT2D eigenvalue weighted by molar-refractivity contribution is 6.30. The molecule has 0 bridgehead atoms. The van der Waals surface area contributed by atoms with Gasteiger partial charge in [-0.15, -0.1) is 0 Å². The van der Waals surface area contributed by atoms with E-state index >= 15 is 0 Å². The molecule has 1 aliphatic carbocycles. The smallest absolute Gasteiger partial charge is 0.209 e. The van der Waals surface area contributed by atoms with Gasteiger partial charge in [0, 0.05) is 46.6 Å². The molecule has 0 saturated carbocycles. The Morgan fingerprint density at radius 1 is 0.971 bits per heavy atom. The third-order valence-corrected chi connectivity index (χ3v) is 9.13. The number of hydrogen-bond donors (Lipinski definition) is 0. The summed E-state index contributed by atoms with van der Waals surface area (Å²) in [7, 11) is 4.37. The van der Waals surface area contributed by atoms with Crippen molar-refractivity contribution in [2.45, 2.75) is 64.2 Å². The van der Waals surface area contributed by atoms with Crippen molar-refractivity contribution >= 4 is 28.7 Å². The van der Waals surface area contributed by atoms with Crippen molar-refractivity contribution in [1.29, 1.82) is 0 Å². The van der Waals surface area contributed by atoms with Crippen LogP contribution in [0.4, 0.5) is 11.4 Å². The standard InChI is InChI=1S/C32H38ClN2/c1-31(2)24-14-7-9-16-26(24)34(5)28(31)20-18-22-12-11-13-23(30(22)33)19-21-29-32(3,4)25-15-8-10-17-27(25)35(29)6/h7-10,14-18,20-21,23H,11-13,19H2,1-6H3/q+1. The van der Waals surface area contributed by atoms with Gasteiger partial charge in [-0.1, -0.05) is 74.0 Å². The number of benzene rings is 2. The molecule has 1 atom stereocenters. The Labute approximate surface area is 216 Å². The van der Waals surface area contributed by atoms with Crippen molar-refractivity contribution in [3.63, 3.8) is 0 Å². The summed E-state index contributed by atoms with van der Waals surface area (Å²) in [6.45, 7) is 9.31. The fourth-order valence-electron chi connectivity index (χ4n) is 6.54. The van der Waals surface area contributed by atoms with Gasteiger partial charge in [-0.05, 0) is 62.7 Å². The number of nitrogens with zero attached hydrogens (tertiary/aromatic N) is 2. The topological polar surface area (TPSA) is 6.25 Å². The number of para-hydroxylation sites is 2. The maximum absolute atomic E-state index is 7.08. The lowest BCUT2D eigenvalue weighted by atomic mass is 9.80. The molecule has 35 heavy (non-hydrogen) atoms. The summed E-state index contributed by atoms with van der Waals surface area (Å²) >= 11 is 7.08. The van der Waals surface area contributed by atoms with Gasteiger partial charge in [-0.25, -0.2) is 0 Å². The quantitative estimate of drug-likeness (QED) is 0.395. The normalized spacial score (nSPS) is 24.0. The van der Waals surface area contributed by atoms with Crippen LogP contribution in [-0.2, 0) is 10.8 Å². The zero-order chi connectivity index (χ0) is 25.0. The van der Waals surface area contributed by atoms with Gasteiger partial charge in [-0.2, -0.15) is 4.58 Å². The van der Waals surface area contributed by atoms with Crippen LogP contribution < -0.4 is 4.90 Å². The summed E-state index contributed by atoms with van der Waals surface area (Å²) < 4.78 is 2.33. The molecule has 0 saturated heterocycles. The summed E-state index contributed by atoms with van der Waals surface area (Å²) in [6, 6.07) is 17.5. The molecule has 182 valence electrons. The van der Waals surface area contributed by atoms with Crippen LogP contribution in [0.5, 0.6) is 0 Å². The monoisotopic (exact) mass is 485 g/mol. The summed E-state index contributed by atoms with van der Waals surface area (Å²) in [5, 5.41) is 1.05. The number of allylic oxidation sites excluding steroid dienone is 6. The molecule has 2 heterocycles. The van der Waals surface area contributed by atoms with Crippen molar-refractivity contribution in [2.75, 3.05) is 19.0 Å². The van der Waals surface area contributed by atoms with Gasteiger partial charge in [-0.3, -0.25) is 0 Å². The van der Waals surface area contributed by atoms with Crippen molar-refractivity contribution in [2.24, 2.45) is 5.92 Å². The molecule has 1 unspecified atom stereocenters. The maximum atomic E-state index is 7.08. The van der Waals surface area contributed by atoms with Crippen molar-refractivity contribution in [3.8, 4) is 0 Å². The molecular formula is C32H38ClN2+. The third-order valence-electron chi connectivity index (χ3n) is 8.58. The predicted octanol–water partition coefficient (Wildman–Crippen LogP) is 8.24. The molecule has 2 aliphatic heterocycles. The van der Waals surface area contributed by atoms with E-state index in [2.05, 4.69) is 118 Å². The zero-order valence-electron chi connectivity index (χ0n) is 22.0. The first-order valence-electron chi connectivity index (χ1n) is 12.9. The van der Waals surface area contributed by atoms with Crippen LogP contribution >= 0.6 is 11.6 Å². The van der Waals surface area contributed by atoms with E-state index in [1.165, 1.54) is 45.9 Å². The second kappa shape index (κ2) is 8.82. The van der Waals surface area contributed by atoms with Crippen molar-refractivity contribution in [1.82, 2.24) is 0 Å². The summed E-state index contributed by atoms with van der Waals surface area (Å²) in [4.78, 5) is 2.36. The SMILES string of the molecule is CN1C(=CCC2CCCC(C=CC3=[N+](C)c4ccccc4C3(C)C)=C2Cl)C(C)(C)c2ccccc21. The van der Waals surface area contributed by atoms with E-state index in [-0.39, 0.29) is 10.8 Å². The fourth-order valence-corrected chi connectivity index (χ4v) is 6.90. The Bertz CT molecular complexity index is 1290. The van der Waals surface area contributed by atoms with Gasteiger partial charge in [0.05, 0.1) is 5.41 Å². The Morgan fingerprint density at radius 2 is 1.66 bits per heavy atom. The van der Waals surface area contributed by atoms with Gasteiger partial charge in [0.2, 0.25) is 5.69 Å². The molecular weight excluding hydrogens is 448 g/mol. The molecule has 0 fully saturated rings. The van der Waals surface area contributed by atoms with Crippen LogP contribution in [0.2, 0.25) is 0 Å². The van der Waals surface area contributed by atoms with E-state index in [0.29, 0.717) is 5.92 Å². The first-order valence-corrected chi connectivity index (χ1v) is 13.3. The molecule has 0 radical (unpaired) electrons. The summed E-state index contributed by atoms with van der Waals surface area (Å²) in [5.74, 6) is 0.391. The van der Waals surface area contributed by atoms with Crippen LogP contribution in [-0.4, -0.2) is 24.4 Å². The van der Waals surface area contributed by atoms with E-state index in [4.69, 9.17) is 11.6 Å². The summed E-state index contributed by atoms with van der Waals surface area (Å²) in [5.41, 5.74) is 9.43. The highest BCUT2D eigenvalue weighted by atomic mass is 35.5. The Kier molecular flexibility index (Phi) is 6.08. The lowest BCUT2D eigenvalue weighted by Gasteiger charge is -2.27. The van der Waals surface area contributed by atoms with Crippen LogP contribution in [0.15, 0.2) is 83.1 Å². The van der Waals surface area contributed by atoms with E-state index in [1.54, 1.807) is 0 Å². The number of rotatable bonds is 4. The van der Waals surface area contributed by atoms with Crippen LogP contribution in [0, 0.1) is 5.92 Å². The largest absolute Gasteiger partial charge is 0.347 e. The van der Waals surface area contributed by atoms with E-state index < -0.39 is 0 Å². The molecule has 0 aromatic heterocycles. The predicted molar refractivity (Wildman–Crippen MR) is 150 cm³/mol. The van der Waals surface area contributed by atoms with Gasteiger partial charge >= 0.3 is 0 Å². The van der Waals surface area contributed by atoms with Crippen LogP contribution in [0.3, 0.4) is 0 Å². The number of halogens is 1. The van der Waals surface area contributed by atoms with Crippen LogP contribution in [0.1, 0.15) is 64.5 Å². The lowest BCUT2D eigenvalue weighted by molar-refractivity contribution is -0.401. The van der Waals surface area contributed by atoms with Gasteiger partial charge in [0.15, 0.2) is 5.71 Å². The number of anilines is 1. The molecule has 0 spiro atoms. The molecule has 3 heteroatoms. The minimum Gasteiger partial charge on any atom is -0.347 e. The van der Waals surface area contributed by atoms with E-state index in [0.717, 1.165) is 24.3 Å². The lowest BCUT2D eigenvalue weighted by Crippen LogP contribution is -2.26. The van der Waals surface area contributed by atoms with E-state index in [9.17, 15) is 0 Å². The number of fused-ring (bicyclic) bond motifs is 2. The highest BCUT2D eigenvalue weighted by Crippen LogP contribution is 2.47. The third kappa shape index (κ3) is 3.91. The van der Waals surface area contributed by atoms with Crippen molar-refractivity contribution < 1.29 is 4.58 Å². The Morgan fingerprint density at radius 3 is 2.37 bits per heavy atom.